The third kappa shape index (κ3) is 3.04. The van der Waals surface area contributed by atoms with Gasteiger partial charge >= 0.3 is 0 Å². The molecule has 3 rings (SSSR count). The number of aryl methyl sites for hydroxylation is 1. The van der Waals surface area contributed by atoms with E-state index in [1.807, 2.05) is 19.1 Å². The fourth-order valence-electron chi connectivity index (χ4n) is 3.13. The lowest BCUT2D eigenvalue weighted by Crippen LogP contribution is -2.46. The quantitative estimate of drug-likeness (QED) is 0.748. The molecule has 1 aromatic carbocycles. The van der Waals surface area contributed by atoms with E-state index in [0.29, 0.717) is 22.8 Å². The summed E-state index contributed by atoms with van der Waals surface area (Å²) in [6.45, 7) is 3.76. The lowest BCUT2D eigenvalue weighted by molar-refractivity contribution is -0.0308. The maximum absolute atomic E-state index is 12.6. The van der Waals surface area contributed by atoms with Gasteiger partial charge in [0.25, 0.3) is 0 Å². The molecule has 2 aliphatic rings. The molecule has 1 atom stereocenters. The minimum absolute atomic E-state index is 0.118. The van der Waals surface area contributed by atoms with Crippen molar-refractivity contribution in [3.8, 4) is 0 Å². The summed E-state index contributed by atoms with van der Waals surface area (Å²) in [7, 11) is -3.37. The Labute approximate surface area is 134 Å². The van der Waals surface area contributed by atoms with Crippen LogP contribution in [-0.2, 0) is 14.8 Å². The van der Waals surface area contributed by atoms with Crippen LogP contribution in [0.3, 0.4) is 0 Å². The highest BCUT2D eigenvalue weighted by Gasteiger charge is 2.44. The Morgan fingerprint density at radius 2 is 1.86 bits per heavy atom. The molecule has 0 aliphatic carbocycles. The van der Waals surface area contributed by atoms with Crippen LogP contribution < -0.4 is 0 Å². The van der Waals surface area contributed by atoms with Gasteiger partial charge in [-0.25, -0.2) is 8.42 Å². The van der Waals surface area contributed by atoms with Crippen molar-refractivity contribution in [3.63, 3.8) is 0 Å². The van der Waals surface area contributed by atoms with Crippen LogP contribution in [0.25, 0.3) is 0 Å². The second-order valence-corrected chi connectivity index (χ2v) is 9.25. The number of rotatable bonds is 2. The summed E-state index contributed by atoms with van der Waals surface area (Å²) in [4.78, 5) is 0.785. The second-order valence-electron chi connectivity index (χ2n) is 6.01. The molecule has 2 heterocycles. The zero-order valence-corrected chi connectivity index (χ0v) is 14.5. The highest BCUT2D eigenvalue weighted by molar-refractivity contribution is 9.09. The summed E-state index contributed by atoms with van der Waals surface area (Å²) in [5.41, 5.74) is 0.947. The van der Waals surface area contributed by atoms with Gasteiger partial charge in [0, 0.05) is 17.9 Å². The van der Waals surface area contributed by atoms with Crippen LogP contribution in [0.4, 0.5) is 0 Å². The lowest BCUT2D eigenvalue weighted by atomic mass is 9.90. The van der Waals surface area contributed by atoms with E-state index >= 15 is 0 Å². The first-order chi connectivity index (χ1) is 9.91. The van der Waals surface area contributed by atoms with Crippen molar-refractivity contribution >= 4 is 26.0 Å². The van der Waals surface area contributed by atoms with Crippen LogP contribution in [0.5, 0.6) is 0 Å². The van der Waals surface area contributed by atoms with Crippen molar-refractivity contribution in [2.45, 2.75) is 41.5 Å². The molecule has 21 heavy (non-hydrogen) atoms. The highest BCUT2D eigenvalue weighted by Crippen LogP contribution is 2.39. The number of sulfonamides is 1. The van der Waals surface area contributed by atoms with Gasteiger partial charge in [-0.3, -0.25) is 0 Å². The van der Waals surface area contributed by atoms with Crippen molar-refractivity contribution in [2.75, 3.05) is 19.7 Å². The largest absolute Gasteiger partial charge is 0.374 e. The predicted octanol–water partition coefficient (Wildman–Crippen LogP) is 2.70. The molecule has 0 N–H and O–H groups in total. The van der Waals surface area contributed by atoms with E-state index in [9.17, 15) is 8.42 Å². The fourth-order valence-corrected chi connectivity index (χ4v) is 5.29. The van der Waals surface area contributed by atoms with Gasteiger partial charge in [0.15, 0.2) is 0 Å². The van der Waals surface area contributed by atoms with E-state index in [1.165, 1.54) is 0 Å². The highest BCUT2D eigenvalue weighted by atomic mass is 79.9. The van der Waals surface area contributed by atoms with Gasteiger partial charge in [-0.1, -0.05) is 33.6 Å². The van der Waals surface area contributed by atoms with Crippen LogP contribution in [-0.4, -0.2) is 42.8 Å². The van der Waals surface area contributed by atoms with E-state index in [4.69, 9.17) is 4.74 Å². The first-order valence-corrected chi connectivity index (χ1v) is 9.62. The molecule has 2 saturated heterocycles. The molecule has 1 aromatic rings. The van der Waals surface area contributed by atoms with Crippen LogP contribution in [0.1, 0.15) is 24.8 Å². The molecule has 6 heteroatoms. The fraction of sp³-hybridized carbons (Fsp3) is 0.600. The molecule has 1 unspecified atom stereocenters. The van der Waals surface area contributed by atoms with Crippen LogP contribution in [0.2, 0.25) is 0 Å². The van der Waals surface area contributed by atoms with Gasteiger partial charge in [0.05, 0.1) is 17.1 Å². The van der Waals surface area contributed by atoms with E-state index < -0.39 is 10.0 Å². The first kappa shape index (κ1) is 15.5. The van der Waals surface area contributed by atoms with Gasteiger partial charge in [-0.15, -0.1) is 0 Å². The Balaban J connectivity index is 1.73. The second kappa shape index (κ2) is 5.65. The van der Waals surface area contributed by atoms with E-state index in [0.717, 1.165) is 31.4 Å². The summed E-state index contributed by atoms with van der Waals surface area (Å²) >= 11 is 3.59. The minimum atomic E-state index is -3.37. The van der Waals surface area contributed by atoms with E-state index in [1.54, 1.807) is 16.4 Å². The maximum Gasteiger partial charge on any atom is 0.243 e. The number of benzene rings is 1. The number of piperidine rings is 1. The predicted molar refractivity (Wildman–Crippen MR) is 85.2 cm³/mol. The molecule has 2 fully saturated rings. The molecular formula is C15H20BrNO3S. The summed E-state index contributed by atoms with van der Waals surface area (Å²) < 4.78 is 32.8. The molecular weight excluding hydrogens is 354 g/mol. The SMILES string of the molecule is Cc1ccc(S(=O)(=O)N2CCC3(CC2)CC(Br)CO3)cc1. The van der Waals surface area contributed by atoms with Crippen molar-refractivity contribution in [1.82, 2.24) is 4.31 Å². The van der Waals surface area contributed by atoms with Gasteiger partial charge in [0.1, 0.15) is 0 Å². The zero-order chi connectivity index (χ0) is 15.1. The number of alkyl halides is 1. The van der Waals surface area contributed by atoms with Crippen LogP contribution in [0, 0.1) is 6.92 Å². The molecule has 116 valence electrons. The summed E-state index contributed by atoms with van der Waals surface area (Å²) in [5.74, 6) is 0. The molecule has 0 bridgehead atoms. The summed E-state index contributed by atoms with van der Waals surface area (Å²) in [6.07, 6.45) is 2.53. The average Bonchev–Trinajstić information content (AvgIpc) is 2.81. The number of ether oxygens (including phenoxy) is 1. The zero-order valence-electron chi connectivity index (χ0n) is 12.1. The standard InChI is InChI=1S/C15H20BrNO3S/c1-12-2-4-14(5-3-12)21(18,19)17-8-6-15(7-9-17)10-13(16)11-20-15/h2-5,13H,6-11H2,1H3. The number of nitrogens with zero attached hydrogens (tertiary/aromatic N) is 1. The van der Waals surface area contributed by atoms with Crippen molar-refractivity contribution < 1.29 is 13.2 Å². The van der Waals surface area contributed by atoms with Gasteiger partial charge < -0.3 is 4.74 Å². The summed E-state index contributed by atoms with van der Waals surface area (Å²) in [5, 5.41) is 0. The molecule has 2 aliphatic heterocycles. The third-order valence-electron chi connectivity index (χ3n) is 4.46. The molecule has 0 amide bonds. The topological polar surface area (TPSA) is 46.6 Å². The molecule has 0 saturated carbocycles. The smallest absolute Gasteiger partial charge is 0.243 e. The molecule has 0 radical (unpaired) electrons. The molecule has 0 aromatic heterocycles. The minimum Gasteiger partial charge on any atom is -0.374 e. The first-order valence-electron chi connectivity index (χ1n) is 7.26. The number of hydrogen-bond donors (Lipinski definition) is 0. The van der Waals surface area contributed by atoms with Gasteiger partial charge in [0.2, 0.25) is 10.0 Å². The van der Waals surface area contributed by atoms with E-state index in [-0.39, 0.29) is 5.60 Å². The average molecular weight is 374 g/mol. The normalized spacial score (nSPS) is 26.3. The van der Waals surface area contributed by atoms with Crippen LogP contribution in [0.15, 0.2) is 29.2 Å². The third-order valence-corrected chi connectivity index (χ3v) is 6.96. The molecule has 4 nitrogen and oxygen atoms in total. The van der Waals surface area contributed by atoms with Crippen LogP contribution >= 0.6 is 15.9 Å². The van der Waals surface area contributed by atoms with Crippen molar-refractivity contribution in [1.29, 1.82) is 0 Å². The van der Waals surface area contributed by atoms with Crippen molar-refractivity contribution in [3.05, 3.63) is 29.8 Å². The van der Waals surface area contributed by atoms with Crippen molar-refractivity contribution in [2.24, 2.45) is 0 Å². The maximum atomic E-state index is 12.6. The van der Waals surface area contributed by atoms with E-state index in [2.05, 4.69) is 15.9 Å². The Bertz CT molecular complexity index is 606. The van der Waals surface area contributed by atoms with Gasteiger partial charge in [-0.2, -0.15) is 4.31 Å². The molecule has 1 spiro atoms. The Hall–Kier alpha value is -0.430. The number of hydrogen-bond acceptors (Lipinski definition) is 3. The Morgan fingerprint density at radius 1 is 1.24 bits per heavy atom. The number of halogens is 1. The summed E-state index contributed by atoms with van der Waals surface area (Å²) in [6, 6.07) is 7.06. The monoisotopic (exact) mass is 373 g/mol. The van der Waals surface area contributed by atoms with Gasteiger partial charge in [-0.05, 0) is 38.3 Å². The Morgan fingerprint density at radius 3 is 2.38 bits per heavy atom. The lowest BCUT2D eigenvalue weighted by Gasteiger charge is -2.37. The Kier molecular flexibility index (Phi) is 4.16.